The van der Waals surface area contributed by atoms with Crippen molar-refractivity contribution in [3.05, 3.63) is 61.2 Å². The molecule has 0 aliphatic carbocycles. The van der Waals surface area contributed by atoms with Crippen LogP contribution in [0.15, 0.2) is 55.6 Å². The molecule has 3 unspecified atom stereocenters. The number of allylic oxidation sites excluding steroid dienone is 1. The Kier molecular flexibility index (Phi) is 10.2. The molecule has 2 amide bonds. The number of benzene rings is 1. The first-order chi connectivity index (χ1) is 19.2. The maximum Gasteiger partial charge on any atom is 0.310 e. The van der Waals surface area contributed by atoms with Gasteiger partial charge in [-0.1, -0.05) is 72.3 Å². The summed E-state index contributed by atoms with van der Waals surface area (Å²) in [7, 11) is 0. The molecule has 40 heavy (non-hydrogen) atoms. The van der Waals surface area contributed by atoms with Gasteiger partial charge in [0.1, 0.15) is 6.04 Å². The summed E-state index contributed by atoms with van der Waals surface area (Å²) >= 11 is 5.39. The van der Waals surface area contributed by atoms with Crippen LogP contribution in [0.2, 0.25) is 0 Å². The predicted molar refractivity (Wildman–Crippen MR) is 162 cm³/mol. The fourth-order valence-electron chi connectivity index (χ4n) is 6.69. The highest BCUT2D eigenvalue weighted by Crippen LogP contribution is 2.68. The summed E-state index contributed by atoms with van der Waals surface area (Å²) in [4.78, 5) is 45.8. The van der Waals surface area contributed by atoms with Crippen molar-refractivity contribution in [1.29, 1.82) is 0 Å². The van der Waals surface area contributed by atoms with Gasteiger partial charge < -0.3 is 19.6 Å². The molecule has 0 saturated carbocycles. The highest BCUT2D eigenvalue weighted by Gasteiger charge is 2.76. The number of rotatable bonds is 14. The largest absolute Gasteiger partial charge is 0.465 e. The Morgan fingerprint density at radius 1 is 1.27 bits per heavy atom. The zero-order valence-electron chi connectivity index (χ0n) is 23.4. The Labute approximate surface area is 250 Å². The first kappa shape index (κ1) is 30.8. The summed E-state index contributed by atoms with van der Waals surface area (Å²) in [5.74, 6) is -1.91. The first-order valence-electron chi connectivity index (χ1n) is 14.2. The number of carbonyl (C=O) groups excluding carboxylic acids is 3. The molecule has 0 radical (unpaired) electrons. The minimum atomic E-state index is -0.807. The van der Waals surface area contributed by atoms with E-state index >= 15 is 0 Å². The SMILES string of the molecule is C=CCCCOC(=O)[C@H]1[C@@H]2SC3(CC2Br)C(C(=O)N(CC=C)Cc2ccccc2)N([C@@H](CO)CC(C)C)C(=O)[C@H]13. The minimum absolute atomic E-state index is 0.0396. The number of unbranched alkanes of at least 4 members (excludes halogenated alkanes) is 1. The number of likely N-dealkylation sites (tertiary alicyclic amines) is 1. The number of nitrogens with zero attached hydrogens (tertiary/aromatic N) is 2. The van der Waals surface area contributed by atoms with Gasteiger partial charge in [-0.2, -0.15) is 0 Å². The van der Waals surface area contributed by atoms with Gasteiger partial charge >= 0.3 is 5.97 Å². The third kappa shape index (κ3) is 5.79. The normalized spacial score (nSPS) is 29.4. The van der Waals surface area contributed by atoms with Crippen LogP contribution >= 0.6 is 27.7 Å². The Morgan fingerprint density at radius 3 is 2.62 bits per heavy atom. The molecule has 3 aliphatic heterocycles. The van der Waals surface area contributed by atoms with Crippen molar-refractivity contribution < 1.29 is 24.2 Å². The monoisotopic (exact) mass is 632 g/mol. The standard InChI is InChI=1S/C31H41BrN2O5S/c1-5-7-11-15-39-30(38)24-25-28(36)34(22(19-35)16-20(3)4)27(31(25)17-23(32)26(24)40-31)29(37)33(14-6-2)18-21-12-9-8-10-13-21/h5-6,8-10,12-13,20,22-27,35H,1-2,7,11,14-19H2,3-4H3/t22-,23?,24-,25+,26-,27?,31?/m1/s1. The molecule has 1 N–H and O–H groups in total. The summed E-state index contributed by atoms with van der Waals surface area (Å²) in [6.45, 7) is 12.4. The maximum atomic E-state index is 14.6. The van der Waals surface area contributed by atoms with Crippen LogP contribution in [0.4, 0.5) is 0 Å². The number of halogens is 1. The average Bonchev–Trinajstić information content (AvgIpc) is 3.53. The van der Waals surface area contributed by atoms with Crippen LogP contribution in [0.25, 0.3) is 0 Å². The van der Waals surface area contributed by atoms with Crippen molar-refractivity contribution >= 4 is 45.5 Å². The Bertz CT molecular complexity index is 1100. The van der Waals surface area contributed by atoms with E-state index in [0.29, 0.717) is 32.4 Å². The maximum absolute atomic E-state index is 14.6. The van der Waals surface area contributed by atoms with Gasteiger partial charge in [-0.25, -0.2) is 0 Å². The number of ether oxygens (including phenoxy) is 1. The number of thioether (sulfide) groups is 1. The zero-order valence-corrected chi connectivity index (χ0v) is 25.8. The molecule has 3 aliphatic rings. The summed E-state index contributed by atoms with van der Waals surface area (Å²) in [5.41, 5.74) is 0.978. The molecule has 1 aromatic rings. The number of aliphatic hydroxyl groups is 1. The number of carbonyl (C=O) groups is 3. The molecule has 3 fully saturated rings. The second-order valence-corrected chi connectivity index (χ2v) is 14.2. The van der Waals surface area contributed by atoms with E-state index in [-0.39, 0.29) is 47.0 Å². The molecule has 7 nitrogen and oxygen atoms in total. The number of aliphatic hydroxyl groups excluding tert-OH is 1. The number of hydrogen-bond donors (Lipinski definition) is 1. The van der Waals surface area contributed by atoms with Crippen LogP contribution in [0.5, 0.6) is 0 Å². The summed E-state index contributed by atoms with van der Waals surface area (Å²) in [6.07, 6.45) is 6.03. The van der Waals surface area contributed by atoms with E-state index in [9.17, 15) is 19.5 Å². The van der Waals surface area contributed by atoms with Crippen molar-refractivity contribution in [3.8, 4) is 0 Å². The summed E-state index contributed by atoms with van der Waals surface area (Å²) < 4.78 is 4.89. The lowest BCUT2D eigenvalue weighted by Gasteiger charge is -2.40. The molecule has 9 heteroatoms. The summed E-state index contributed by atoms with van der Waals surface area (Å²) in [5, 5.41) is 10.3. The summed E-state index contributed by atoms with van der Waals surface area (Å²) in [6, 6.07) is 8.42. The van der Waals surface area contributed by atoms with Gasteiger partial charge in [0.2, 0.25) is 11.8 Å². The lowest BCUT2D eigenvalue weighted by atomic mass is 9.71. The lowest BCUT2D eigenvalue weighted by molar-refractivity contribution is -0.154. The second-order valence-electron chi connectivity index (χ2n) is 11.5. The van der Waals surface area contributed by atoms with Crippen LogP contribution < -0.4 is 0 Å². The van der Waals surface area contributed by atoms with Crippen molar-refractivity contribution in [1.82, 2.24) is 9.80 Å². The van der Waals surface area contributed by atoms with E-state index in [0.717, 1.165) is 12.0 Å². The quantitative estimate of drug-likeness (QED) is 0.140. The Hall–Kier alpha value is -2.10. The van der Waals surface area contributed by atoms with E-state index in [1.54, 1.807) is 33.7 Å². The van der Waals surface area contributed by atoms with Gasteiger partial charge in [0, 0.05) is 23.2 Å². The third-order valence-electron chi connectivity index (χ3n) is 8.26. The molecular weight excluding hydrogens is 592 g/mol. The van der Waals surface area contributed by atoms with Gasteiger partial charge in [-0.15, -0.1) is 24.9 Å². The van der Waals surface area contributed by atoms with E-state index in [1.807, 2.05) is 44.2 Å². The van der Waals surface area contributed by atoms with Crippen molar-refractivity contribution in [3.63, 3.8) is 0 Å². The van der Waals surface area contributed by atoms with Gasteiger partial charge in [0.15, 0.2) is 0 Å². The number of hydrogen-bond acceptors (Lipinski definition) is 6. The number of esters is 1. The van der Waals surface area contributed by atoms with E-state index in [2.05, 4.69) is 29.1 Å². The second kappa shape index (κ2) is 13.3. The van der Waals surface area contributed by atoms with Crippen LogP contribution in [0.1, 0.15) is 45.1 Å². The molecule has 3 heterocycles. The third-order valence-corrected chi connectivity index (χ3v) is 11.5. The van der Waals surface area contributed by atoms with E-state index < -0.39 is 28.7 Å². The molecule has 1 aromatic carbocycles. The lowest BCUT2D eigenvalue weighted by Crippen LogP contribution is -2.57. The van der Waals surface area contributed by atoms with Crippen LogP contribution in [-0.2, 0) is 25.7 Å². The average molecular weight is 634 g/mol. The fourth-order valence-corrected chi connectivity index (χ4v) is 10.3. The molecular formula is C31H41BrN2O5S. The molecule has 218 valence electrons. The van der Waals surface area contributed by atoms with Crippen molar-refractivity contribution in [2.24, 2.45) is 17.8 Å². The topological polar surface area (TPSA) is 87.2 Å². The van der Waals surface area contributed by atoms with Gasteiger partial charge in [0.05, 0.1) is 35.8 Å². The highest BCUT2D eigenvalue weighted by atomic mass is 79.9. The molecule has 3 saturated heterocycles. The Balaban J connectivity index is 1.74. The van der Waals surface area contributed by atoms with Gasteiger partial charge in [-0.3, -0.25) is 14.4 Å². The molecule has 7 atom stereocenters. The van der Waals surface area contributed by atoms with Crippen molar-refractivity contribution in [2.75, 3.05) is 19.8 Å². The number of fused-ring (bicyclic) bond motifs is 1. The smallest absolute Gasteiger partial charge is 0.310 e. The van der Waals surface area contributed by atoms with Crippen LogP contribution in [0.3, 0.4) is 0 Å². The highest BCUT2D eigenvalue weighted by molar-refractivity contribution is 9.09. The van der Waals surface area contributed by atoms with E-state index in [1.165, 1.54) is 0 Å². The molecule has 4 rings (SSSR count). The van der Waals surface area contributed by atoms with Gasteiger partial charge in [0.25, 0.3) is 0 Å². The Morgan fingerprint density at radius 2 is 2.00 bits per heavy atom. The predicted octanol–water partition coefficient (Wildman–Crippen LogP) is 4.58. The minimum Gasteiger partial charge on any atom is -0.465 e. The van der Waals surface area contributed by atoms with Crippen molar-refractivity contribution in [2.45, 2.75) is 73.0 Å². The number of alkyl halides is 1. The van der Waals surface area contributed by atoms with Crippen LogP contribution in [0, 0.1) is 17.8 Å². The number of amides is 2. The molecule has 2 bridgehead atoms. The van der Waals surface area contributed by atoms with Gasteiger partial charge in [-0.05, 0) is 37.2 Å². The first-order valence-corrected chi connectivity index (χ1v) is 16.0. The molecule has 0 aromatic heterocycles. The van der Waals surface area contributed by atoms with E-state index in [4.69, 9.17) is 4.74 Å². The fraction of sp³-hybridized carbons (Fsp3) is 0.581. The molecule has 1 spiro atoms. The van der Waals surface area contributed by atoms with Crippen LogP contribution in [-0.4, -0.2) is 79.4 Å². The zero-order chi connectivity index (χ0) is 29.0.